The average molecular weight is 703 g/mol. The van der Waals surface area contributed by atoms with Crippen molar-refractivity contribution < 1.29 is 44.7 Å². The Morgan fingerprint density at radius 3 is 2.30 bits per heavy atom. The number of carbonyl (C=O) groups is 3. The minimum absolute atomic E-state index is 0.0230. The lowest BCUT2D eigenvalue weighted by molar-refractivity contribution is -0.127. The Bertz CT molecular complexity index is 2180. The van der Waals surface area contributed by atoms with Crippen LogP contribution in [0.1, 0.15) is 53.0 Å². The summed E-state index contributed by atoms with van der Waals surface area (Å²) in [5, 5.41) is 12.0. The number of benzene rings is 3. The Morgan fingerprint density at radius 1 is 1.02 bits per heavy atom. The average Bonchev–Trinajstić information content (AvgIpc) is 2.98. The van der Waals surface area contributed by atoms with E-state index >= 15 is 0 Å². The molecule has 2 unspecified atom stereocenters. The molecule has 14 nitrogen and oxygen atoms in total. The number of rotatable bonds is 10. The number of hydrogen-bond acceptors (Lipinski definition) is 10. The van der Waals surface area contributed by atoms with Crippen LogP contribution in [0.3, 0.4) is 0 Å². The maximum Gasteiger partial charge on any atom is 0.335 e. The van der Waals surface area contributed by atoms with Gasteiger partial charge in [-0.25, -0.2) is 21.6 Å². The molecule has 1 aliphatic carbocycles. The summed E-state index contributed by atoms with van der Waals surface area (Å²) in [5.74, 6) is -5.51. The lowest BCUT2D eigenvalue weighted by atomic mass is 9.67. The van der Waals surface area contributed by atoms with E-state index in [-0.39, 0.29) is 45.3 Å². The Balaban J connectivity index is 1.65. The normalized spacial score (nSPS) is 20.5. The van der Waals surface area contributed by atoms with E-state index in [1.165, 1.54) is 30.3 Å². The molecule has 0 aromatic heterocycles. The SMILES string of the molecule is CC(C)CCC1(NS(=O)(=O)c2ccc(C(=O)O)cc2)C(=O)C(C2=NS(=O)(=O)c3cc(NS(C)(=O)=O)ccc3N2)C(=O)c2ccccc21. The Hall–Kier alpha value is -4.45. The number of sulfonamides is 3. The molecule has 2 aliphatic rings. The van der Waals surface area contributed by atoms with Crippen LogP contribution in [0.5, 0.6) is 0 Å². The highest BCUT2D eigenvalue weighted by Crippen LogP contribution is 2.42. The van der Waals surface area contributed by atoms with E-state index in [4.69, 9.17) is 0 Å². The van der Waals surface area contributed by atoms with Gasteiger partial charge in [0.05, 0.1) is 22.4 Å². The highest BCUT2D eigenvalue weighted by atomic mass is 32.2. The van der Waals surface area contributed by atoms with Crippen molar-refractivity contribution in [3.05, 3.63) is 83.4 Å². The van der Waals surface area contributed by atoms with Crippen molar-refractivity contribution in [1.29, 1.82) is 0 Å². The summed E-state index contributed by atoms with van der Waals surface area (Å²) >= 11 is 0. The highest BCUT2D eigenvalue weighted by Gasteiger charge is 2.55. The maximum absolute atomic E-state index is 14.7. The first-order valence-corrected chi connectivity index (χ1v) is 19.0. The third-order valence-corrected chi connectivity index (χ3v) is 11.2. The number of fused-ring (bicyclic) bond motifs is 2. The van der Waals surface area contributed by atoms with Gasteiger partial charge >= 0.3 is 5.97 Å². The van der Waals surface area contributed by atoms with Gasteiger partial charge in [0.15, 0.2) is 11.6 Å². The molecular formula is C30H30N4O10S3. The summed E-state index contributed by atoms with van der Waals surface area (Å²) in [5.41, 5.74) is -2.32. The fourth-order valence-corrected chi connectivity index (χ4v) is 8.66. The minimum atomic E-state index is -4.60. The molecule has 3 aromatic carbocycles. The van der Waals surface area contributed by atoms with E-state index < -0.39 is 69.8 Å². The maximum atomic E-state index is 14.7. The smallest absolute Gasteiger partial charge is 0.335 e. The van der Waals surface area contributed by atoms with Crippen LogP contribution < -0.4 is 14.8 Å². The van der Waals surface area contributed by atoms with E-state index in [0.717, 1.165) is 36.6 Å². The zero-order valence-corrected chi connectivity index (χ0v) is 27.7. The predicted molar refractivity (Wildman–Crippen MR) is 172 cm³/mol. The molecule has 0 saturated carbocycles. The predicted octanol–water partition coefficient (Wildman–Crippen LogP) is 2.96. The van der Waals surface area contributed by atoms with Crippen molar-refractivity contribution in [2.45, 2.75) is 42.0 Å². The van der Waals surface area contributed by atoms with Crippen molar-refractivity contribution in [1.82, 2.24) is 4.72 Å². The van der Waals surface area contributed by atoms with Gasteiger partial charge in [-0.15, -0.1) is 4.40 Å². The molecule has 17 heteroatoms. The molecule has 0 saturated heterocycles. The zero-order chi connectivity index (χ0) is 34.5. The molecule has 2 atom stereocenters. The number of amidine groups is 1. The summed E-state index contributed by atoms with van der Waals surface area (Å²) in [6, 6.07) is 13.8. The number of nitrogens with one attached hydrogen (secondary N) is 3. The van der Waals surface area contributed by atoms with Crippen molar-refractivity contribution in [2.24, 2.45) is 16.2 Å². The molecule has 248 valence electrons. The van der Waals surface area contributed by atoms with Crippen LogP contribution in [-0.2, 0) is 40.4 Å². The molecular weight excluding hydrogens is 673 g/mol. The second-order valence-corrected chi connectivity index (χ2v) is 16.6. The second-order valence-electron chi connectivity index (χ2n) is 11.6. The number of anilines is 2. The number of carboxylic acids is 1. The number of nitrogens with zero attached hydrogens (tertiary/aromatic N) is 1. The van der Waals surface area contributed by atoms with Crippen molar-refractivity contribution in [3.8, 4) is 0 Å². The molecule has 0 fully saturated rings. The Kier molecular flexibility index (Phi) is 8.63. The number of carboxylic acid groups (broad SMARTS) is 1. The van der Waals surface area contributed by atoms with Crippen LogP contribution >= 0.6 is 0 Å². The summed E-state index contributed by atoms with van der Waals surface area (Å²) in [6.07, 6.45) is 1.07. The molecule has 47 heavy (non-hydrogen) atoms. The summed E-state index contributed by atoms with van der Waals surface area (Å²) in [4.78, 5) is 39.3. The second kappa shape index (κ2) is 12.0. The number of aromatic carboxylic acids is 1. The monoisotopic (exact) mass is 702 g/mol. The Labute approximate surface area is 271 Å². The van der Waals surface area contributed by atoms with E-state index in [2.05, 4.69) is 19.2 Å². The first-order chi connectivity index (χ1) is 21.8. The molecule has 1 heterocycles. The van der Waals surface area contributed by atoms with Gasteiger partial charge < -0.3 is 10.4 Å². The first-order valence-electron chi connectivity index (χ1n) is 14.1. The number of Topliss-reactive ketones (excluding diaryl/α,β-unsaturated/α-hetero) is 2. The number of carbonyl (C=O) groups excluding carboxylic acids is 2. The molecule has 0 radical (unpaired) electrons. The molecule has 0 bridgehead atoms. The van der Waals surface area contributed by atoms with Gasteiger partial charge in [0.2, 0.25) is 20.0 Å². The summed E-state index contributed by atoms with van der Waals surface area (Å²) in [6.45, 7) is 3.72. The van der Waals surface area contributed by atoms with E-state index in [1.54, 1.807) is 6.07 Å². The van der Waals surface area contributed by atoms with Gasteiger partial charge in [0, 0.05) is 11.3 Å². The third kappa shape index (κ3) is 6.56. The highest BCUT2D eigenvalue weighted by molar-refractivity contribution is 7.92. The van der Waals surface area contributed by atoms with E-state index in [9.17, 15) is 44.7 Å². The third-order valence-electron chi connectivity index (χ3n) is 7.73. The van der Waals surface area contributed by atoms with Crippen molar-refractivity contribution in [2.75, 3.05) is 16.3 Å². The van der Waals surface area contributed by atoms with Gasteiger partial charge in [0.25, 0.3) is 10.0 Å². The largest absolute Gasteiger partial charge is 0.478 e. The van der Waals surface area contributed by atoms with E-state index in [1.807, 2.05) is 13.8 Å². The molecule has 0 spiro atoms. The molecule has 3 aromatic rings. The van der Waals surface area contributed by atoms with Crippen LogP contribution in [0.15, 0.2) is 80.9 Å². The van der Waals surface area contributed by atoms with Crippen LogP contribution in [0.4, 0.5) is 11.4 Å². The fraction of sp³-hybridized carbons (Fsp3) is 0.267. The fourth-order valence-electron chi connectivity index (χ4n) is 5.54. The number of ketones is 2. The first kappa shape index (κ1) is 33.9. The van der Waals surface area contributed by atoms with Crippen LogP contribution in [0.2, 0.25) is 0 Å². The van der Waals surface area contributed by atoms with Gasteiger partial charge in [-0.2, -0.15) is 13.1 Å². The minimum Gasteiger partial charge on any atom is -0.478 e. The number of hydrogen-bond donors (Lipinski definition) is 4. The standard InChI is InChI=1S/C30H30N4O10S3/c1-17(2)14-15-30(34-46(41,42)20-11-8-18(9-12-20)29(37)38)22-7-5-4-6-21(22)26(35)25(27(30)36)28-31-23-13-10-19(32-45(3,39)40)16-24(23)47(43,44)33-28/h4-13,16-17,25,32,34H,14-15H2,1-3H3,(H,31,33)(H,37,38). The zero-order valence-electron chi connectivity index (χ0n) is 25.2. The summed E-state index contributed by atoms with van der Waals surface area (Å²) in [7, 11) is -12.9. The Morgan fingerprint density at radius 2 is 1.68 bits per heavy atom. The topological polar surface area (TPSA) is 222 Å². The van der Waals surface area contributed by atoms with Gasteiger partial charge in [0.1, 0.15) is 22.2 Å². The quantitative estimate of drug-likeness (QED) is 0.225. The van der Waals surface area contributed by atoms with Crippen molar-refractivity contribution >= 4 is 64.8 Å². The van der Waals surface area contributed by atoms with Crippen LogP contribution in [0.25, 0.3) is 0 Å². The van der Waals surface area contributed by atoms with Gasteiger partial charge in [-0.1, -0.05) is 38.1 Å². The molecule has 4 N–H and O–H groups in total. The van der Waals surface area contributed by atoms with E-state index in [0.29, 0.717) is 6.42 Å². The van der Waals surface area contributed by atoms with Crippen LogP contribution in [0, 0.1) is 11.8 Å². The van der Waals surface area contributed by atoms with Crippen molar-refractivity contribution in [3.63, 3.8) is 0 Å². The van der Waals surface area contributed by atoms with Crippen LogP contribution in [-0.4, -0.2) is 60.0 Å². The van der Waals surface area contributed by atoms with Gasteiger partial charge in [-0.3, -0.25) is 14.3 Å². The molecule has 0 amide bonds. The summed E-state index contributed by atoms with van der Waals surface area (Å²) < 4.78 is 86.4. The molecule has 1 aliphatic heterocycles. The van der Waals surface area contributed by atoms with Gasteiger partial charge in [-0.05, 0) is 66.8 Å². The molecule has 5 rings (SSSR count). The lowest BCUT2D eigenvalue weighted by Gasteiger charge is -2.41. The lowest BCUT2D eigenvalue weighted by Crippen LogP contribution is -2.60.